The van der Waals surface area contributed by atoms with Gasteiger partial charge in [0, 0.05) is 63.5 Å². The lowest BCUT2D eigenvalue weighted by atomic mass is 10.1. The molecule has 2 aromatic carbocycles. The molecule has 3 heterocycles. The van der Waals surface area contributed by atoms with Gasteiger partial charge in [0.15, 0.2) is 5.76 Å². The molecule has 1 atom stereocenters. The number of hydrogen-bond acceptors (Lipinski definition) is 7. The minimum absolute atomic E-state index is 0.0132. The van der Waals surface area contributed by atoms with E-state index >= 15 is 0 Å². The molecule has 3 aromatic rings. The zero-order chi connectivity index (χ0) is 28.1. The number of para-hydroxylation sites is 1. The van der Waals surface area contributed by atoms with E-state index < -0.39 is 12.0 Å². The lowest BCUT2D eigenvalue weighted by molar-refractivity contribution is -0.128. The number of likely N-dealkylation sites (tertiary alicyclic amines) is 1. The van der Waals surface area contributed by atoms with Crippen LogP contribution in [0.4, 0.5) is 17.1 Å². The number of nitrogens with one attached hydrogen (secondary N) is 2. The molecule has 3 N–H and O–H groups in total. The molecular formula is C30H35N5O5. The first-order chi connectivity index (χ1) is 19.4. The van der Waals surface area contributed by atoms with Crippen molar-refractivity contribution in [3.05, 3.63) is 77.7 Å². The number of carbonyl (C=O) groups excluding carboxylic acids is 3. The smallest absolute Gasteiger partial charge is 0.291 e. The highest BCUT2D eigenvalue weighted by Gasteiger charge is 2.24. The number of nitrogens with zero attached hydrogens (tertiary/aromatic N) is 3. The quantitative estimate of drug-likeness (QED) is 0.378. The molecule has 10 heteroatoms. The van der Waals surface area contributed by atoms with Gasteiger partial charge in [-0.25, -0.2) is 0 Å². The number of anilines is 3. The predicted octanol–water partition coefficient (Wildman–Crippen LogP) is 2.88. The number of piperazine rings is 1. The maximum absolute atomic E-state index is 13.0. The van der Waals surface area contributed by atoms with Gasteiger partial charge in [-0.15, -0.1) is 0 Å². The van der Waals surface area contributed by atoms with Crippen molar-refractivity contribution in [3.63, 3.8) is 0 Å². The summed E-state index contributed by atoms with van der Waals surface area (Å²) in [6, 6.07) is 16.8. The Balaban J connectivity index is 1.28. The Morgan fingerprint density at radius 3 is 2.38 bits per heavy atom. The lowest BCUT2D eigenvalue weighted by Gasteiger charge is -2.38. The molecule has 1 unspecified atom stereocenters. The molecule has 0 radical (unpaired) electrons. The molecule has 2 fully saturated rings. The van der Waals surface area contributed by atoms with Crippen molar-refractivity contribution in [1.82, 2.24) is 10.2 Å². The van der Waals surface area contributed by atoms with E-state index in [1.165, 1.54) is 17.5 Å². The molecule has 0 saturated carbocycles. The first-order valence-electron chi connectivity index (χ1n) is 13.7. The minimum Gasteiger partial charge on any atom is -0.459 e. The molecule has 3 amide bonds. The van der Waals surface area contributed by atoms with Crippen molar-refractivity contribution in [2.24, 2.45) is 0 Å². The first-order valence-corrected chi connectivity index (χ1v) is 13.7. The Hall–Kier alpha value is -4.31. The van der Waals surface area contributed by atoms with Crippen LogP contribution in [0.25, 0.3) is 0 Å². The molecule has 1 aromatic heterocycles. The summed E-state index contributed by atoms with van der Waals surface area (Å²) in [7, 11) is 0. The van der Waals surface area contributed by atoms with Gasteiger partial charge < -0.3 is 34.9 Å². The van der Waals surface area contributed by atoms with Crippen LogP contribution in [-0.4, -0.2) is 79.6 Å². The van der Waals surface area contributed by atoms with E-state index in [2.05, 4.69) is 39.5 Å². The highest BCUT2D eigenvalue weighted by atomic mass is 16.3. The minimum atomic E-state index is -0.868. The average molecular weight is 546 g/mol. The zero-order valence-electron chi connectivity index (χ0n) is 22.6. The summed E-state index contributed by atoms with van der Waals surface area (Å²) in [5.74, 6) is -0.591. The normalized spacial score (nSPS) is 16.2. The Kier molecular flexibility index (Phi) is 8.35. The van der Waals surface area contributed by atoms with Gasteiger partial charge >= 0.3 is 0 Å². The number of β-amino-alcohol motifs (C(OH)–C–C–N with tert-alkyl or cyclic N) is 1. The number of amides is 3. The summed E-state index contributed by atoms with van der Waals surface area (Å²) < 4.78 is 5.26. The van der Waals surface area contributed by atoms with Crippen molar-refractivity contribution in [2.75, 3.05) is 60.9 Å². The van der Waals surface area contributed by atoms with E-state index in [0.717, 1.165) is 38.3 Å². The predicted molar refractivity (Wildman–Crippen MR) is 153 cm³/mol. The van der Waals surface area contributed by atoms with E-state index in [4.69, 9.17) is 4.42 Å². The summed E-state index contributed by atoms with van der Waals surface area (Å²) in [5.41, 5.74) is 4.11. The molecule has 2 aliphatic heterocycles. The number of rotatable bonds is 9. The SMILES string of the molecule is Cc1ccccc1N1CCN(c2ccc(C(=O)NCC(O)CN3CCCC3=O)cc2NC(=O)c2ccco2)CC1. The Morgan fingerprint density at radius 1 is 0.950 bits per heavy atom. The van der Waals surface area contributed by atoms with E-state index in [1.54, 1.807) is 29.2 Å². The van der Waals surface area contributed by atoms with Crippen LogP contribution in [0.1, 0.15) is 39.3 Å². The second-order valence-corrected chi connectivity index (χ2v) is 10.2. The average Bonchev–Trinajstić information content (AvgIpc) is 3.65. The van der Waals surface area contributed by atoms with Crippen molar-refractivity contribution in [2.45, 2.75) is 25.9 Å². The molecular weight excluding hydrogens is 510 g/mol. The largest absolute Gasteiger partial charge is 0.459 e. The summed E-state index contributed by atoms with van der Waals surface area (Å²) in [6.45, 7) is 6.06. The highest BCUT2D eigenvalue weighted by Crippen LogP contribution is 2.30. The number of aliphatic hydroxyl groups excluding tert-OH is 1. The maximum atomic E-state index is 13.0. The van der Waals surface area contributed by atoms with E-state index in [1.807, 2.05) is 18.2 Å². The molecule has 5 rings (SSSR count). The van der Waals surface area contributed by atoms with E-state index in [9.17, 15) is 19.5 Å². The number of furan rings is 1. The van der Waals surface area contributed by atoms with E-state index in [0.29, 0.717) is 24.2 Å². The van der Waals surface area contributed by atoms with Crippen LogP contribution in [0.2, 0.25) is 0 Å². The summed E-state index contributed by atoms with van der Waals surface area (Å²) in [6.07, 6.45) is 1.86. The van der Waals surface area contributed by atoms with Gasteiger partial charge in [-0.3, -0.25) is 14.4 Å². The van der Waals surface area contributed by atoms with Crippen molar-refractivity contribution in [3.8, 4) is 0 Å². The van der Waals surface area contributed by atoms with Crippen LogP contribution in [0.5, 0.6) is 0 Å². The number of hydrogen-bond donors (Lipinski definition) is 3. The monoisotopic (exact) mass is 545 g/mol. The Bertz CT molecular complexity index is 1350. The van der Waals surface area contributed by atoms with Crippen molar-refractivity contribution >= 4 is 34.8 Å². The second-order valence-electron chi connectivity index (χ2n) is 10.2. The van der Waals surface area contributed by atoms with Crippen LogP contribution in [-0.2, 0) is 4.79 Å². The number of benzene rings is 2. The third kappa shape index (κ3) is 6.28. The Morgan fingerprint density at radius 2 is 1.70 bits per heavy atom. The van der Waals surface area contributed by atoms with E-state index in [-0.39, 0.29) is 30.7 Å². The molecule has 0 bridgehead atoms. The van der Waals surface area contributed by atoms with Crippen molar-refractivity contribution < 1.29 is 23.9 Å². The van der Waals surface area contributed by atoms with Crippen LogP contribution in [0.3, 0.4) is 0 Å². The number of aliphatic hydroxyl groups is 1. The molecule has 0 spiro atoms. The van der Waals surface area contributed by atoms with Gasteiger partial charge in [-0.05, 0) is 55.3 Å². The highest BCUT2D eigenvalue weighted by molar-refractivity contribution is 6.05. The third-order valence-electron chi connectivity index (χ3n) is 7.43. The van der Waals surface area contributed by atoms with Crippen LogP contribution >= 0.6 is 0 Å². The summed E-state index contributed by atoms with van der Waals surface area (Å²) >= 11 is 0. The molecule has 40 heavy (non-hydrogen) atoms. The number of aryl methyl sites for hydroxylation is 1. The van der Waals surface area contributed by atoms with Gasteiger partial charge in [0.05, 0.1) is 23.7 Å². The van der Waals surface area contributed by atoms with Gasteiger partial charge in [0.2, 0.25) is 5.91 Å². The van der Waals surface area contributed by atoms with Crippen LogP contribution in [0.15, 0.2) is 65.3 Å². The fraction of sp³-hybridized carbons (Fsp3) is 0.367. The van der Waals surface area contributed by atoms with Gasteiger partial charge in [0.25, 0.3) is 11.8 Å². The fourth-order valence-electron chi connectivity index (χ4n) is 5.28. The van der Waals surface area contributed by atoms with Gasteiger partial charge in [-0.1, -0.05) is 18.2 Å². The maximum Gasteiger partial charge on any atom is 0.291 e. The zero-order valence-corrected chi connectivity index (χ0v) is 22.6. The second kappa shape index (κ2) is 12.3. The van der Waals surface area contributed by atoms with Crippen molar-refractivity contribution in [1.29, 1.82) is 0 Å². The lowest BCUT2D eigenvalue weighted by Crippen LogP contribution is -2.47. The molecule has 2 aliphatic rings. The summed E-state index contributed by atoms with van der Waals surface area (Å²) in [4.78, 5) is 43.9. The summed E-state index contributed by atoms with van der Waals surface area (Å²) in [5, 5.41) is 16.0. The molecule has 0 aliphatic carbocycles. The third-order valence-corrected chi connectivity index (χ3v) is 7.43. The standard InChI is InChI=1S/C30H35N5O5/c1-21-6-2-3-7-25(21)33-13-15-34(16-14-33)26-11-10-22(18-24(26)32-30(39)27-8-5-17-40-27)29(38)31-19-23(36)20-35-12-4-9-28(35)37/h2-3,5-8,10-11,17-18,23,36H,4,9,12-16,19-20H2,1H3,(H,31,38)(H,32,39). The fourth-order valence-corrected chi connectivity index (χ4v) is 5.28. The first kappa shape index (κ1) is 27.3. The van der Waals surface area contributed by atoms with Crippen LogP contribution in [0, 0.1) is 6.92 Å². The molecule has 210 valence electrons. The Labute approximate surface area is 233 Å². The van der Waals surface area contributed by atoms with Gasteiger partial charge in [-0.2, -0.15) is 0 Å². The molecule has 2 saturated heterocycles. The number of carbonyl (C=O) groups is 3. The van der Waals surface area contributed by atoms with Crippen LogP contribution < -0.4 is 20.4 Å². The molecule has 10 nitrogen and oxygen atoms in total. The van der Waals surface area contributed by atoms with Gasteiger partial charge in [0.1, 0.15) is 0 Å². The topological polar surface area (TPSA) is 118 Å².